The van der Waals surface area contributed by atoms with Gasteiger partial charge in [-0.3, -0.25) is 9.36 Å². The molecule has 0 bridgehead atoms. The first kappa shape index (κ1) is 24.1. The highest BCUT2D eigenvalue weighted by Gasteiger charge is 2.28. The Morgan fingerprint density at radius 1 is 0.971 bits per heavy atom. The molecule has 2 fully saturated rings. The van der Waals surface area contributed by atoms with Gasteiger partial charge in [-0.1, -0.05) is 32.1 Å². The zero-order valence-corrected chi connectivity index (χ0v) is 21.1. The van der Waals surface area contributed by atoms with Gasteiger partial charge in [-0.15, -0.1) is 0 Å². The number of methoxy groups -OCH3 is 1. The number of benzene rings is 2. The van der Waals surface area contributed by atoms with Crippen molar-refractivity contribution in [1.29, 1.82) is 0 Å². The number of piperidine rings is 1. The number of carbonyl (C=O) groups excluding carboxylic acids is 1. The van der Waals surface area contributed by atoms with E-state index in [1.165, 1.54) is 75.7 Å². The molecule has 5 heteroatoms. The van der Waals surface area contributed by atoms with Gasteiger partial charge < -0.3 is 9.64 Å². The van der Waals surface area contributed by atoms with E-state index in [0.717, 1.165) is 47.1 Å². The van der Waals surface area contributed by atoms with Crippen molar-refractivity contribution in [2.75, 3.05) is 26.7 Å². The Labute approximate surface area is 208 Å². The van der Waals surface area contributed by atoms with E-state index in [1.807, 2.05) is 25.1 Å². The summed E-state index contributed by atoms with van der Waals surface area (Å²) in [5.41, 5.74) is 3.52. The summed E-state index contributed by atoms with van der Waals surface area (Å²) in [6.45, 7) is 5.38. The first-order chi connectivity index (χ1) is 17.0. The monoisotopic (exact) mass is 476 g/mol. The minimum atomic E-state index is -0.340. The van der Waals surface area contributed by atoms with Gasteiger partial charge >= 0.3 is 0 Å². The van der Waals surface area contributed by atoms with E-state index in [1.54, 1.807) is 23.8 Å². The lowest BCUT2D eigenvalue weighted by atomic mass is 9.76. The van der Waals surface area contributed by atoms with Crippen LogP contribution in [0.2, 0.25) is 0 Å². The van der Waals surface area contributed by atoms with Gasteiger partial charge in [0.15, 0.2) is 0 Å². The molecule has 0 amide bonds. The van der Waals surface area contributed by atoms with Crippen LogP contribution in [-0.2, 0) is 6.42 Å². The van der Waals surface area contributed by atoms with Crippen molar-refractivity contribution < 1.29 is 13.9 Å². The fourth-order valence-electron chi connectivity index (χ4n) is 6.41. The number of carbonyl (C=O) groups is 1. The Balaban J connectivity index is 1.35. The third-order valence-electron chi connectivity index (χ3n) is 8.46. The van der Waals surface area contributed by atoms with Crippen LogP contribution < -0.4 is 4.74 Å². The molecule has 2 aliphatic rings. The lowest BCUT2D eigenvalue weighted by molar-refractivity contribution is 0.0962. The molecule has 5 rings (SSSR count). The van der Waals surface area contributed by atoms with E-state index >= 15 is 0 Å². The number of nitrogens with zero attached hydrogens (tertiary/aromatic N) is 2. The summed E-state index contributed by atoms with van der Waals surface area (Å²) in [6, 6.07) is 11.7. The summed E-state index contributed by atoms with van der Waals surface area (Å²) in [5.74, 6) is 2.19. The number of likely N-dealkylation sites (tertiary alicyclic amines) is 1. The molecule has 3 aromatic rings. The Bertz CT molecular complexity index is 1170. The molecule has 35 heavy (non-hydrogen) atoms. The molecule has 1 saturated heterocycles. The topological polar surface area (TPSA) is 34.5 Å². The molecular formula is C30H37FN2O2. The maximum Gasteiger partial charge on any atom is 0.262 e. The molecule has 1 aliphatic heterocycles. The van der Waals surface area contributed by atoms with Gasteiger partial charge in [0.2, 0.25) is 0 Å². The summed E-state index contributed by atoms with van der Waals surface area (Å²) in [4.78, 5) is 16.1. The summed E-state index contributed by atoms with van der Waals surface area (Å²) in [5, 5.41) is 1.06. The molecule has 0 spiro atoms. The van der Waals surface area contributed by atoms with Crippen LogP contribution in [-0.4, -0.2) is 42.1 Å². The summed E-state index contributed by atoms with van der Waals surface area (Å²) >= 11 is 0. The van der Waals surface area contributed by atoms with Crippen molar-refractivity contribution in [1.82, 2.24) is 9.47 Å². The van der Waals surface area contributed by atoms with E-state index in [4.69, 9.17) is 4.74 Å². The van der Waals surface area contributed by atoms with E-state index in [-0.39, 0.29) is 11.7 Å². The second-order valence-corrected chi connectivity index (χ2v) is 10.4. The predicted molar refractivity (Wildman–Crippen MR) is 139 cm³/mol. The fraction of sp³-hybridized carbons (Fsp3) is 0.500. The standard InChI is InChI=1S/C30H37FN2O2/c1-21-27(16-19-32-17-14-23(15-18-32)22-6-4-3-5-7-22)28-20-26(35-2)12-13-29(28)33(21)30(34)24-8-10-25(31)11-9-24/h8-13,20,22-23H,3-7,14-19H2,1-2H3. The number of ether oxygens (including phenoxy) is 1. The molecule has 0 radical (unpaired) electrons. The predicted octanol–water partition coefficient (Wildman–Crippen LogP) is 6.62. The lowest BCUT2D eigenvalue weighted by Gasteiger charge is -2.37. The maximum atomic E-state index is 13.5. The zero-order chi connectivity index (χ0) is 24.4. The molecule has 0 unspecified atom stereocenters. The summed E-state index contributed by atoms with van der Waals surface area (Å²) in [7, 11) is 1.67. The van der Waals surface area contributed by atoms with Crippen LogP contribution in [0, 0.1) is 24.6 Å². The van der Waals surface area contributed by atoms with E-state index in [2.05, 4.69) is 4.90 Å². The van der Waals surface area contributed by atoms with E-state index in [9.17, 15) is 9.18 Å². The Morgan fingerprint density at radius 3 is 2.34 bits per heavy atom. The van der Waals surface area contributed by atoms with Crippen LogP contribution in [0.3, 0.4) is 0 Å². The number of fused-ring (bicyclic) bond motifs is 1. The van der Waals surface area contributed by atoms with Crippen LogP contribution in [0.1, 0.15) is 66.6 Å². The average Bonchev–Trinajstić information content (AvgIpc) is 3.18. The Kier molecular flexibility index (Phi) is 7.24. The fourth-order valence-corrected chi connectivity index (χ4v) is 6.41. The Morgan fingerprint density at radius 2 is 1.66 bits per heavy atom. The van der Waals surface area contributed by atoms with Crippen molar-refractivity contribution in [2.45, 2.75) is 58.3 Å². The van der Waals surface area contributed by atoms with Gasteiger partial charge in [0.05, 0.1) is 12.6 Å². The highest BCUT2D eigenvalue weighted by atomic mass is 19.1. The number of hydrogen-bond acceptors (Lipinski definition) is 3. The summed E-state index contributed by atoms with van der Waals surface area (Å²) in [6.07, 6.45) is 10.7. The number of rotatable bonds is 6. The van der Waals surface area contributed by atoms with E-state index < -0.39 is 0 Å². The Hall–Kier alpha value is -2.66. The highest BCUT2D eigenvalue weighted by Crippen LogP contribution is 2.36. The highest BCUT2D eigenvalue weighted by molar-refractivity contribution is 6.04. The number of hydrogen-bond donors (Lipinski definition) is 0. The van der Waals surface area contributed by atoms with Crippen LogP contribution >= 0.6 is 0 Å². The molecule has 4 nitrogen and oxygen atoms in total. The van der Waals surface area contributed by atoms with Crippen LogP contribution in [0.15, 0.2) is 42.5 Å². The van der Waals surface area contributed by atoms with Gasteiger partial charge in [-0.2, -0.15) is 0 Å². The molecule has 0 atom stereocenters. The molecule has 1 aromatic heterocycles. The van der Waals surface area contributed by atoms with Gasteiger partial charge in [-0.05, 0) is 99.1 Å². The third-order valence-corrected chi connectivity index (χ3v) is 8.46. The first-order valence-corrected chi connectivity index (χ1v) is 13.3. The van der Waals surface area contributed by atoms with Gasteiger partial charge in [-0.25, -0.2) is 4.39 Å². The minimum absolute atomic E-state index is 0.128. The maximum absolute atomic E-state index is 13.5. The number of halogens is 1. The van der Waals surface area contributed by atoms with Gasteiger partial charge in [0.25, 0.3) is 5.91 Å². The van der Waals surface area contributed by atoms with Crippen molar-refractivity contribution >= 4 is 16.8 Å². The van der Waals surface area contributed by atoms with Crippen molar-refractivity contribution in [2.24, 2.45) is 11.8 Å². The second-order valence-electron chi connectivity index (χ2n) is 10.4. The van der Waals surface area contributed by atoms with Crippen LogP contribution in [0.5, 0.6) is 5.75 Å². The third kappa shape index (κ3) is 5.02. The largest absolute Gasteiger partial charge is 0.497 e. The molecule has 2 heterocycles. The molecule has 186 valence electrons. The SMILES string of the molecule is COc1ccc2c(c1)c(CCN1CCC(C3CCCCC3)CC1)c(C)n2C(=O)c1ccc(F)cc1. The van der Waals surface area contributed by atoms with Crippen LogP contribution in [0.4, 0.5) is 4.39 Å². The molecule has 1 saturated carbocycles. The minimum Gasteiger partial charge on any atom is -0.497 e. The molecule has 0 N–H and O–H groups in total. The lowest BCUT2D eigenvalue weighted by Crippen LogP contribution is -2.37. The normalized spacial score (nSPS) is 18.3. The van der Waals surface area contributed by atoms with Crippen molar-refractivity contribution in [3.63, 3.8) is 0 Å². The summed E-state index contributed by atoms with van der Waals surface area (Å²) < 4.78 is 20.7. The molecular weight excluding hydrogens is 439 g/mol. The van der Waals surface area contributed by atoms with Crippen molar-refractivity contribution in [3.8, 4) is 5.75 Å². The average molecular weight is 477 g/mol. The molecule has 1 aliphatic carbocycles. The quantitative estimate of drug-likeness (QED) is 0.401. The van der Waals surface area contributed by atoms with Crippen molar-refractivity contribution in [3.05, 3.63) is 65.1 Å². The van der Waals surface area contributed by atoms with Gasteiger partial charge in [0, 0.05) is 23.2 Å². The molecule has 2 aromatic carbocycles. The van der Waals surface area contributed by atoms with E-state index in [0.29, 0.717) is 5.56 Å². The van der Waals surface area contributed by atoms with Gasteiger partial charge in [0.1, 0.15) is 11.6 Å². The first-order valence-electron chi connectivity index (χ1n) is 13.3. The van der Waals surface area contributed by atoms with Crippen LogP contribution in [0.25, 0.3) is 10.9 Å². The zero-order valence-electron chi connectivity index (χ0n) is 21.1. The smallest absolute Gasteiger partial charge is 0.262 e. The second kappa shape index (κ2) is 10.5. The number of aromatic nitrogens is 1.